The summed E-state index contributed by atoms with van der Waals surface area (Å²) in [5.74, 6) is 1.78. The Morgan fingerprint density at radius 2 is 2.14 bits per heavy atom. The van der Waals surface area contributed by atoms with Crippen LogP contribution in [-0.4, -0.2) is 53.3 Å². The van der Waals surface area contributed by atoms with Crippen LogP contribution in [0.4, 0.5) is 11.5 Å². The number of thioether (sulfide) groups is 1. The molecule has 2 atom stereocenters. The number of methoxy groups -OCH3 is 1. The van der Waals surface area contributed by atoms with E-state index >= 15 is 0 Å². The van der Waals surface area contributed by atoms with E-state index in [4.69, 9.17) is 4.74 Å². The number of benzene rings is 1. The zero-order valence-corrected chi connectivity index (χ0v) is 20.3. The molecule has 2 aliphatic rings. The minimum absolute atomic E-state index is 0.0106. The minimum Gasteiger partial charge on any atom is -0.497 e. The van der Waals surface area contributed by atoms with Gasteiger partial charge in [0.15, 0.2) is 0 Å². The van der Waals surface area contributed by atoms with Gasteiger partial charge in [-0.15, -0.1) is 11.8 Å². The van der Waals surface area contributed by atoms with Crippen molar-refractivity contribution in [3.8, 4) is 5.75 Å². The smallest absolute Gasteiger partial charge is 0.235 e. The van der Waals surface area contributed by atoms with Crippen molar-refractivity contribution in [1.29, 1.82) is 0 Å². The quantitative estimate of drug-likeness (QED) is 0.398. The standard InChI is InChI=1S/C25H28N6O3S/c1-34-18-5-6-20-19(11-18)21(8-9-26-20)30-23(32)10-15-2-3-16(12-27-15)28-13-17-4-7-22-25(29-17)31-24(33)14-35-22/h4-9,11,15-16,27-28H,2-3,10,12-14H2,1H3,(H,26,30,32)(H,29,31,33). The Hall–Kier alpha value is -3.21. The molecule has 4 N–H and O–H groups in total. The lowest BCUT2D eigenvalue weighted by Gasteiger charge is -2.30. The average Bonchev–Trinajstić information content (AvgIpc) is 2.88. The molecule has 0 aliphatic carbocycles. The lowest BCUT2D eigenvalue weighted by molar-refractivity contribution is -0.117. The Kier molecular flexibility index (Phi) is 7.12. The van der Waals surface area contributed by atoms with Crippen molar-refractivity contribution < 1.29 is 14.3 Å². The number of piperidine rings is 1. The van der Waals surface area contributed by atoms with Gasteiger partial charge in [0, 0.05) is 43.2 Å². The summed E-state index contributed by atoms with van der Waals surface area (Å²) in [6, 6.07) is 11.9. The zero-order valence-electron chi connectivity index (χ0n) is 19.5. The Labute approximate surface area is 207 Å². The third-order valence-corrected chi connectivity index (χ3v) is 7.32. The fourth-order valence-electron chi connectivity index (χ4n) is 4.40. The van der Waals surface area contributed by atoms with Crippen LogP contribution in [0.2, 0.25) is 0 Å². The topological polar surface area (TPSA) is 117 Å². The summed E-state index contributed by atoms with van der Waals surface area (Å²) < 4.78 is 5.31. The number of ether oxygens (including phenoxy) is 1. The summed E-state index contributed by atoms with van der Waals surface area (Å²) in [7, 11) is 1.62. The second-order valence-electron chi connectivity index (χ2n) is 8.74. The molecule has 4 heterocycles. The van der Waals surface area contributed by atoms with Crippen molar-refractivity contribution >= 4 is 46.0 Å². The number of nitrogens with zero attached hydrogens (tertiary/aromatic N) is 2. The monoisotopic (exact) mass is 492 g/mol. The van der Waals surface area contributed by atoms with Crippen LogP contribution in [-0.2, 0) is 16.1 Å². The first-order chi connectivity index (χ1) is 17.1. The van der Waals surface area contributed by atoms with Gasteiger partial charge in [-0.25, -0.2) is 4.98 Å². The molecule has 1 saturated heterocycles. The van der Waals surface area contributed by atoms with E-state index in [1.54, 1.807) is 13.3 Å². The van der Waals surface area contributed by atoms with Crippen LogP contribution < -0.4 is 26.0 Å². The molecule has 2 aromatic heterocycles. The normalized spacial score (nSPS) is 19.6. The van der Waals surface area contributed by atoms with Crippen molar-refractivity contribution in [2.24, 2.45) is 0 Å². The molecule has 10 heteroatoms. The summed E-state index contributed by atoms with van der Waals surface area (Å²) in [6.45, 7) is 1.41. The second-order valence-corrected chi connectivity index (χ2v) is 9.76. The molecule has 0 spiro atoms. The first-order valence-electron chi connectivity index (χ1n) is 11.7. The number of aromatic nitrogens is 2. The number of fused-ring (bicyclic) bond motifs is 2. The van der Waals surface area contributed by atoms with Gasteiger partial charge in [-0.3, -0.25) is 14.6 Å². The van der Waals surface area contributed by atoms with Gasteiger partial charge in [0.25, 0.3) is 0 Å². The SMILES string of the molecule is COc1ccc2nccc(NC(=O)CC3CCC(NCc4ccc5c(n4)NC(=O)CS5)CN3)c2c1. The average molecular weight is 493 g/mol. The fraction of sp³-hybridized carbons (Fsp3) is 0.360. The summed E-state index contributed by atoms with van der Waals surface area (Å²) in [5, 5.41) is 13.8. The van der Waals surface area contributed by atoms with E-state index in [9.17, 15) is 9.59 Å². The number of anilines is 2. The van der Waals surface area contributed by atoms with E-state index in [1.807, 2.05) is 36.4 Å². The highest BCUT2D eigenvalue weighted by Crippen LogP contribution is 2.30. The number of hydrogen-bond acceptors (Lipinski definition) is 8. The van der Waals surface area contributed by atoms with Gasteiger partial charge in [0.05, 0.1) is 34.7 Å². The van der Waals surface area contributed by atoms with E-state index in [2.05, 4.69) is 31.2 Å². The van der Waals surface area contributed by atoms with Crippen LogP contribution in [0, 0.1) is 0 Å². The molecule has 2 amide bonds. The van der Waals surface area contributed by atoms with Crippen LogP contribution in [0.5, 0.6) is 5.75 Å². The van der Waals surface area contributed by atoms with Gasteiger partial charge >= 0.3 is 0 Å². The van der Waals surface area contributed by atoms with Crippen molar-refractivity contribution in [1.82, 2.24) is 20.6 Å². The van der Waals surface area contributed by atoms with Crippen LogP contribution in [0.3, 0.4) is 0 Å². The molecular formula is C25H28N6O3S. The Bertz CT molecular complexity index is 1250. The van der Waals surface area contributed by atoms with Gasteiger partial charge in [0.2, 0.25) is 11.8 Å². The maximum absolute atomic E-state index is 12.8. The number of amides is 2. The third kappa shape index (κ3) is 5.72. The molecule has 35 heavy (non-hydrogen) atoms. The van der Waals surface area contributed by atoms with E-state index < -0.39 is 0 Å². The molecule has 1 fully saturated rings. The molecule has 9 nitrogen and oxygen atoms in total. The van der Waals surface area contributed by atoms with Crippen LogP contribution >= 0.6 is 11.8 Å². The van der Waals surface area contributed by atoms with Crippen molar-refractivity contribution in [2.75, 3.05) is 30.0 Å². The molecule has 2 aliphatic heterocycles. The van der Waals surface area contributed by atoms with E-state index in [0.29, 0.717) is 30.6 Å². The van der Waals surface area contributed by atoms with Gasteiger partial charge in [-0.05, 0) is 49.2 Å². The van der Waals surface area contributed by atoms with E-state index in [0.717, 1.165) is 52.3 Å². The summed E-state index contributed by atoms with van der Waals surface area (Å²) in [4.78, 5) is 34.3. The molecule has 3 aromatic rings. The third-order valence-electron chi connectivity index (χ3n) is 6.28. The largest absolute Gasteiger partial charge is 0.497 e. The molecule has 5 rings (SSSR count). The highest BCUT2D eigenvalue weighted by Gasteiger charge is 2.23. The first-order valence-corrected chi connectivity index (χ1v) is 12.7. The van der Waals surface area contributed by atoms with Gasteiger partial charge in [-0.1, -0.05) is 0 Å². The van der Waals surface area contributed by atoms with Gasteiger partial charge < -0.3 is 26.0 Å². The predicted octanol–water partition coefficient (Wildman–Crippen LogP) is 2.92. The predicted molar refractivity (Wildman–Crippen MR) is 137 cm³/mol. The molecule has 182 valence electrons. The summed E-state index contributed by atoms with van der Waals surface area (Å²) >= 11 is 1.51. The number of pyridine rings is 2. The number of hydrogen-bond donors (Lipinski definition) is 4. The van der Waals surface area contributed by atoms with E-state index in [-0.39, 0.29) is 17.9 Å². The Balaban J connectivity index is 1.10. The van der Waals surface area contributed by atoms with Crippen molar-refractivity contribution in [3.63, 3.8) is 0 Å². The fourth-order valence-corrected chi connectivity index (χ4v) is 5.16. The van der Waals surface area contributed by atoms with Gasteiger partial charge in [-0.2, -0.15) is 0 Å². The van der Waals surface area contributed by atoms with Crippen molar-refractivity contribution in [3.05, 3.63) is 48.3 Å². The molecule has 0 saturated carbocycles. The maximum atomic E-state index is 12.8. The van der Waals surface area contributed by atoms with Crippen LogP contribution in [0.25, 0.3) is 10.9 Å². The zero-order chi connectivity index (χ0) is 24.2. The lowest BCUT2D eigenvalue weighted by atomic mass is 9.98. The Morgan fingerprint density at radius 3 is 2.97 bits per heavy atom. The Morgan fingerprint density at radius 1 is 1.23 bits per heavy atom. The second kappa shape index (κ2) is 10.6. The number of carbonyl (C=O) groups is 2. The summed E-state index contributed by atoms with van der Waals surface area (Å²) in [5.41, 5.74) is 2.44. The summed E-state index contributed by atoms with van der Waals surface area (Å²) in [6.07, 6.45) is 3.98. The van der Waals surface area contributed by atoms with Crippen molar-refractivity contribution in [2.45, 2.75) is 42.8 Å². The highest BCUT2D eigenvalue weighted by molar-refractivity contribution is 8.00. The molecule has 2 unspecified atom stereocenters. The minimum atomic E-state index is -0.0256. The molecule has 0 radical (unpaired) electrons. The number of rotatable bonds is 7. The van der Waals surface area contributed by atoms with Crippen LogP contribution in [0.1, 0.15) is 25.0 Å². The number of carbonyl (C=O) groups excluding carboxylic acids is 2. The van der Waals surface area contributed by atoms with E-state index in [1.165, 1.54) is 11.8 Å². The first kappa shape index (κ1) is 23.5. The maximum Gasteiger partial charge on any atom is 0.235 e. The molecule has 1 aromatic carbocycles. The molecular weight excluding hydrogens is 464 g/mol. The van der Waals surface area contributed by atoms with Gasteiger partial charge in [0.1, 0.15) is 11.6 Å². The van der Waals surface area contributed by atoms with Crippen LogP contribution in [0.15, 0.2) is 47.5 Å². The number of nitrogens with one attached hydrogen (secondary N) is 4. The lowest BCUT2D eigenvalue weighted by Crippen LogP contribution is -2.48. The highest BCUT2D eigenvalue weighted by atomic mass is 32.2. The molecule has 0 bridgehead atoms.